The number of amides is 1. The van der Waals surface area contributed by atoms with E-state index in [1.807, 2.05) is 23.1 Å². The average molecular weight is 680 g/mol. The zero-order valence-corrected chi connectivity index (χ0v) is 34.3. The number of hydrogen-bond acceptors (Lipinski definition) is 3. The summed E-state index contributed by atoms with van der Waals surface area (Å²) in [5, 5.41) is 10.2. The van der Waals surface area contributed by atoms with Crippen LogP contribution in [0.4, 0.5) is 0 Å². The van der Waals surface area contributed by atoms with Crippen molar-refractivity contribution in [1.82, 2.24) is 4.90 Å². The van der Waals surface area contributed by atoms with E-state index in [9.17, 15) is 4.79 Å². The van der Waals surface area contributed by atoms with Crippen LogP contribution < -0.4 is 0 Å². The Hall–Kier alpha value is -1.81. The maximum atomic E-state index is 11.2. The first-order chi connectivity index (χ1) is 22.6. The van der Waals surface area contributed by atoms with Gasteiger partial charge in [-0.1, -0.05) is 108 Å². The van der Waals surface area contributed by atoms with E-state index in [4.69, 9.17) is 9.52 Å². The standard InChI is InChI=1S/C14H24.C12H14O.C10H19NO.C9H20O/c1-13(2,3)14-7-10-4-11(8-14)6-12(5-10)9-14;1-12(2,3)11-8-9-6-4-5-7-10(9)13-11;1-9(2)5-3-7-11-8-4-6-10(11)12;1-7(2)8(6-10)9(3,4)5/h10-12H,4-9H2,1-3H3;4-8H,1-3H3;9H,3-8H2,1-2H3;7-8,10H,6H2,1-5H3. The fourth-order valence-electron chi connectivity index (χ4n) is 9.50. The van der Waals surface area contributed by atoms with Crippen LogP contribution in [0.15, 0.2) is 34.7 Å². The van der Waals surface area contributed by atoms with Crippen molar-refractivity contribution in [2.75, 3.05) is 19.7 Å². The van der Waals surface area contributed by atoms with Gasteiger partial charge in [0.05, 0.1) is 0 Å². The zero-order chi connectivity index (χ0) is 36.8. The smallest absolute Gasteiger partial charge is 0.222 e. The summed E-state index contributed by atoms with van der Waals surface area (Å²) in [6.45, 7) is 31.5. The molecule has 4 aliphatic carbocycles. The maximum Gasteiger partial charge on any atom is 0.222 e. The molecular weight excluding hydrogens is 602 g/mol. The Morgan fingerprint density at radius 1 is 0.878 bits per heavy atom. The highest BCUT2D eigenvalue weighted by atomic mass is 16.3. The highest BCUT2D eigenvalue weighted by Gasteiger charge is 2.55. The first kappa shape index (κ1) is 41.6. The molecule has 1 aromatic heterocycles. The van der Waals surface area contributed by atoms with E-state index in [0.29, 0.717) is 29.8 Å². The number of nitrogens with zero attached hydrogens (tertiary/aromatic N) is 1. The molecule has 5 fully saturated rings. The van der Waals surface area contributed by atoms with Crippen molar-refractivity contribution in [3.8, 4) is 0 Å². The monoisotopic (exact) mass is 680 g/mol. The van der Waals surface area contributed by atoms with Gasteiger partial charge in [0.2, 0.25) is 5.91 Å². The van der Waals surface area contributed by atoms with Crippen LogP contribution in [-0.4, -0.2) is 35.6 Å². The van der Waals surface area contributed by atoms with Crippen molar-refractivity contribution in [2.24, 2.45) is 51.8 Å². The SMILES string of the molecule is CC(C)(C)C12CC3CC(CC(C3)C1)C2.CC(C)(C)c1cc2ccccc2o1.CC(C)C(CO)C(C)(C)C.CC(C)CCCN1CCCC1=O. The molecule has 1 N–H and O–H groups in total. The quantitative estimate of drug-likeness (QED) is 0.331. The molecule has 1 unspecified atom stereocenters. The fourth-order valence-corrected chi connectivity index (χ4v) is 9.50. The second-order valence-electron chi connectivity index (χ2n) is 20.3. The van der Waals surface area contributed by atoms with E-state index < -0.39 is 0 Å². The number of furan rings is 1. The van der Waals surface area contributed by atoms with E-state index in [0.717, 1.165) is 66.4 Å². The third-order valence-corrected chi connectivity index (χ3v) is 12.3. The molecule has 0 radical (unpaired) electrons. The van der Waals surface area contributed by atoms with Gasteiger partial charge in [-0.2, -0.15) is 0 Å². The summed E-state index contributed by atoms with van der Waals surface area (Å²) in [4.78, 5) is 13.2. The van der Waals surface area contributed by atoms with Crippen molar-refractivity contribution < 1.29 is 14.3 Å². The molecule has 280 valence electrons. The van der Waals surface area contributed by atoms with Gasteiger partial charge in [0.15, 0.2) is 0 Å². The second-order valence-corrected chi connectivity index (χ2v) is 20.3. The number of rotatable bonds is 6. The van der Waals surface area contributed by atoms with Gasteiger partial charge in [-0.25, -0.2) is 0 Å². The summed E-state index contributed by atoms with van der Waals surface area (Å²) >= 11 is 0. The fraction of sp³-hybridized carbons (Fsp3) is 0.800. The molecule has 5 aliphatic rings. The van der Waals surface area contributed by atoms with E-state index in [2.05, 4.69) is 102 Å². The topological polar surface area (TPSA) is 53.7 Å². The van der Waals surface area contributed by atoms with Gasteiger partial charge < -0.3 is 14.4 Å². The number of fused-ring (bicyclic) bond motifs is 1. The van der Waals surface area contributed by atoms with Gasteiger partial charge in [0.1, 0.15) is 11.3 Å². The molecule has 2 aromatic rings. The molecular formula is C45H77NO3. The van der Waals surface area contributed by atoms with Gasteiger partial charge in [0, 0.05) is 36.9 Å². The van der Waals surface area contributed by atoms with Crippen molar-refractivity contribution in [3.05, 3.63) is 36.1 Å². The van der Waals surface area contributed by atoms with E-state index in [1.54, 1.807) is 38.5 Å². The van der Waals surface area contributed by atoms with Gasteiger partial charge in [-0.15, -0.1) is 0 Å². The number of aliphatic hydroxyl groups is 1. The predicted molar refractivity (Wildman–Crippen MR) is 210 cm³/mol. The summed E-state index contributed by atoms with van der Waals surface area (Å²) in [5.74, 6) is 6.51. The number of aliphatic hydroxyl groups excluding tert-OH is 1. The average Bonchev–Trinajstić information content (AvgIpc) is 3.58. The number of benzene rings is 1. The lowest BCUT2D eigenvalue weighted by molar-refractivity contribution is -0.127. The van der Waals surface area contributed by atoms with Crippen molar-refractivity contribution in [2.45, 2.75) is 160 Å². The zero-order valence-electron chi connectivity index (χ0n) is 34.3. The van der Waals surface area contributed by atoms with Crippen molar-refractivity contribution in [3.63, 3.8) is 0 Å². The Kier molecular flexibility index (Phi) is 14.6. The highest BCUT2D eigenvalue weighted by molar-refractivity contribution is 5.78. The number of hydrogen-bond donors (Lipinski definition) is 1. The largest absolute Gasteiger partial charge is 0.461 e. The lowest BCUT2D eigenvalue weighted by atomic mass is 9.43. The molecule has 1 aromatic carbocycles. The molecule has 49 heavy (non-hydrogen) atoms. The van der Waals surface area contributed by atoms with E-state index in [-0.39, 0.29) is 10.8 Å². The Morgan fingerprint density at radius 2 is 1.43 bits per heavy atom. The highest BCUT2D eigenvalue weighted by Crippen LogP contribution is 2.65. The molecule has 1 aliphatic heterocycles. The molecule has 4 nitrogen and oxygen atoms in total. The van der Waals surface area contributed by atoms with E-state index >= 15 is 0 Å². The summed E-state index contributed by atoms with van der Waals surface area (Å²) in [5.41, 5.74) is 2.61. The number of carbonyl (C=O) groups is 1. The minimum Gasteiger partial charge on any atom is -0.461 e. The Morgan fingerprint density at radius 3 is 1.80 bits per heavy atom. The number of para-hydroxylation sites is 1. The Labute approximate surface area is 302 Å². The van der Waals surface area contributed by atoms with Gasteiger partial charge in [-0.3, -0.25) is 4.79 Å². The summed E-state index contributed by atoms with van der Waals surface area (Å²) in [6, 6.07) is 10.2. The van der Waals surface area contributed by atoms with Crippen LogP contribution >= 0.6 is 0 Å². The summed E-state index contributed by atoms with van der Waals surface area (Å²) < 4.78 is 5.73. The van der Waals surface area contributed by atoms with Crippen molar-refractivity contribution in [1.29, 1.82) is 0 Å². The van der Waals surface area contributed by atoms with Gasteiger partial charge in [-0.05, 0) is 122 Å². The van der Waals surface area contributed by atoms with Gasteiger partial charge >= 0.3 is 0 Å². The molecule has 1 amide bonds. The first-order valence-electron chi connectivity index (χ1n) is 20.0. The number of likely N-dealkylation sites (tertiary alicyclic amines) is 1. The van der Waals surface area contributed by atoms with Crippen LogP contribution in [0.5, 0.6) is 0 Å². The minimum atomic E-state index is 0.0962. The normalized spacial score (nSPS) is 25.5. The Balaban J connectivity index is 0.000000179. The number of carbonyl (C=O) groups excluding carboxylic acids is 1. The molecule has 4 heteroatoms. The molecule has 1 atom stereocenters. The predicted octanol–water partition coefficient (Wildman–Crippen LogP) is 12.3. The molecule has 0 spiro atoms. The summed E-state index contributed by atoms with van der Waals surface area (Å²) in [7, 11) is 0. The molecule has 4 bridgehead atoms. The lowest BCUT2D eigenvalue weighted by Crippen LogP contribution is -2.51. The van der Waals surface area contributed by atoms with Crippen LogP contribution in [0.2, 0.25) is 0 Å². The van der Waals surface area contributed by atoms with Crippen LogP contribution in [0, 0.1) is 51.8 Å². The molecule has 4 saturated carbocycles. The third-order valence-electron chi connectivity index (χ3n) is 12.3. The van der Waals surface area contributed by atoms with Crippen LogP contribution in [-0.2, 0) is 10.2 Å². The van der Waals surface area contributed by atoms with Crippen molar-refractivity contribution >= 4 is 16.9 Å². The van der Waals surface area contributed by atoms with Crippen LogP contribution in [0.1, 0.15) is 160 Å². The second kappa shape index (κ2) is 17.1. The Bertz CT molecular complexity index is 1210. The molecule has 1 saturated heterocycles. The van der Waals surface area contributed by atoms with E-state index in [1.165, 1.54) is 18.2 Å². The third kappa shape index (κ3) is 11.9. The summed E-state index contributed by atoms with van der Waals surface area (Å²) in [6.07, 6.45) is 13.7. The molecule has 7 rings (SSSR count). The maximum absolute atomic E-state index is 11.2. The molecule has 2 heterocycles. The van der Waals surface area contributed by atoms with Crippen LogP contribution in [0.25, 0.3) is 11.0 Å². The van der Waals surface area contributed by atoms with Crippen LogP contribution in [0.3, 0.4) is 0 Å². The lowest BCUT2D eigenvalue weighted by Gasteiger charge is -2.62. The first-order valence-corrected chi connectivity index (χ1v) is 20.0. The minimum absolute atomic E-state index is 0.0962. The van der Waals surface area contributed by atoms with Gasteiger partial charge in [0.25, 0.3) is 0 Å².